The zero-order valence-electron chi connectivity index (χ0n) is 19.2. The molecule has 3 atom stereocenters. The summed E-state index contributed by atoms with van der Waals surface area (Å²) in [6.07, 6.45) is 10.3. The zero-order chi connectivity index (χ0) is 23.3. The summed E-state index contributed by atoms with van der Waals surface area (Å²) >= 11 is 0. The first-order chi connectivity index (χ1) is 15.3. The topological polar surface area (TPSA) is 122 Å². The molecule has 0 aromatic rings. The Hall–Kier alpha value is -2.22. The molecular weight excluding hydrogens is 408 g/mol. The standard InChI is InChI=1S/C24H38N4O4/c1-3-13-26-22(31)19(29)17(15-16-9-10-16)27-21(30)18-8-7-14-28(18)23(32)20(25)24(2)11-5-4-6-12-24/h3,16-18,20H,1,4-15,25H2,2H3,(H,26,31)(H,27,30)/t17?,18-,20+/m0/s1. The lowest BCUT2D eigenvalue weighted by Gasteiger charge is -2.40. The minimum absolute atomic E-state index is 0.180. The van der Waals surface area contributed by atoms with Gasteiger partial charge in [-0.3, -0.25) is 19.2 Å². The molecule has 8 heteroatoms. The van der Waals surface area contributed by atoms with E-state index in [1.807, 2.05) is 0 Å². The van der Waals surface area contributed by atoms with Crippen LogP contribution in [0.4, 0.5) is 0 Å². The Kier molecular flexibility index (Phi) is 8.09. The highest BCUT2D eigenvalue weighted by atomic mass is 16.2. The summed E-state index contributed by atoms with van der Waals surface area (Å²) in [5.41, 5.74) is 6.20. The van der Waals surface area contributed by atoms with E-state index in [1.165, 1.54) is 12.5 Å². The van der Waals surface area contributed by atoms with Gasteiger partial charge in [-0.2, -0.15) is 0 Å². The molecule has 2 aliphatic carbocycles. The summed E-state index contributed by atoms with van der Waals surface area (Å²) in [7, 11) is 0. The minimum atomic E-state index is -0.873. The van der Waals surface area contributed by atoms with E-state index in [-0.39, 0.29) is 23.8 Å². The highest BCUT2D eigenvalue weighted by molar-refractivity contribution is 6.38. The fraction of sp³-hybridized carbons (Fsp3) is 0.750. The third kappa shape index (κ3) is 5.77. The van der Waals surface area contributed by atoms with Gasteiger partial charge in [0.05, 0.1) is 12.1 Å². The maximum Gasteiger partial charge on any atom is 0.289 e. The van der Waals surface area contributed by atoms with Crippen LogP contribution in [0, 0.1) is 11.3 Å². The van der Waals surface area contributed by atoms with Crippen LogP contribution in [0.2, 0.25) is 0 Å². The first-order valence-electron chi connectivity index (χ1n) is 12.1. The number of hydrogen-bond donors (Lipinski definition) is 3. The molecule has 4 N–H and O–H groups in total. The van der Waals surface area contributed by atoms with Crippen LogP contribution < -0.4 is 16.4 Å². The normalized spacial score (nSPS) is 24.3. The summed E-state index contributed by atoms with van der Waals surface area (Å²) in [5.74, 6) is -1.57. The molecule has 0 aromatic carbocycles. The Morgan fingerprint density at radius 3 is 2.44 bits per heavy atom. The van der Waals surface area contributed by atoms with Gasteiger partial charge in [0.15, 0.2) is 0 Å². The van der Waals surface area contributed by atoms with Crippen molar-refractivity contribution < 1.29 is 19.2 Å². The van der Waals surface area contributed by atoms with Gasteiger partial charge in [0.2, 0.25) is 17.6 Å². The van der Waals surface area contributed by atoms with E-state index < -0.39 is 29.8 Å². The molecule has 8 nitrogen and oxygen atoms in total. The van der Waals surface area contributed by atoms with Gasteiger partial charge in [-0.05, 0) is 43.4 Å². The lowest BCUT2D eigenvalue weighted by atomic mass is 9.70. The molecule has 3 fully saturated rings. The van der Waals surface area contributed by atoms with Crippen molar-refractivity contribution in [3.63, 3.8) is 0 Å². The van der Waals surface area contributed by atoms with E-state index in [1.54, 1.807) is 4.90 Å². The van der Waals surface area contributed by atoms with Crippen LogP contribution in [0.5, 0.6) is 0 Å². The van der Waals surface area contributed by atoms with Crippen molar-refractivity contribution in [2.24, 2.45) is 17.1 Å². The molecule has 3 amide bonds. The molecule has 1 heterocycles. The Morgan fingerprint density at radius 2 is 1.81 bits per heavy atom. The maximum absolute atomic E-state index is 13.3. The molecule has 3 rings (SSSR count). The van der Waals surface area contributed by atoms with Crippen molar-refractivity contribution in [1.29, 1.82) is 0 Å². The van der Waals surface area contributed by atoms with Crippen LogP contribution in [0.15, 0.2) is 12.7 Å². The SMILES string of the molecule is C=CCNC(=O)C(=O)C(CC1CC1)NC(=O)[C@@H]1CCCN1C(=O)[C@@H](N)C1(C)CCCCC1. The number of nitrogens with one attached hydrogen (secondary N) is 2. The summed E-state index contributed by atoms with van der Waals surface area (Å²) in [6, 6.07) is -2.15. The predicted octanol–water partition coefficient (Wildman–Crippen LogP) is 1.43. The Labute approximate surface area is 190 Å². The summed E-state index contributed by atoms with van der Waals surface area (Å²) < 4.78 is 0. The highest BCUT2D eigenvalue weighted by Gasteiger charge is 2.44. The molecule has 1 unspecified atom stereocenters. The summed E-state index contributed by atoms with van der Waals surface area (Å²) in [4.78, 5) is 52.9. The van der Waals surface area contributed by atoms with Gasteiger partial charge in [-0.1, -0.05) is 45.1 Å². The Balaban J connectivity index is 1.65. The van der Waals surface area contributed by atoms with Crippen LogP contribution in [-0.2, 0) is 19.2 Å². The molecule has 0 bridgehead atoms. The molecule has 0 aromatic heterocycles. The monoisotopic (exact) mass is 446 g/mol. The first kappa shape index (κ1) is 24.4. The van der Waals surface area contributed by atoms with Crippen LogP contribution >= 0.6 is 0 Å². The number of Topliss-reactive ketones (excluding diaryl/α,β-unsaturated/α-hetero) is 1. The van der Waals surface area contributed by atoms with Gasteiger partial charge >= 0.3 is 0 Å². The molecule has 0 radical (unpaired) electrons. The predicted molar refractivity (Wildman–Crippen MR) is 121 cm³/mol. The van der Waals surface area contributed by atoms with E-state index in [0.29, 0.717) is 31.7 Å². The summed E-state index contributed by atoms with van der Waals surface area (Å²) in [5, 5.41) is 5.28. The molecule has 1 saturated heterocycles. The smallest absolute Gasteiger partial charge is 0.289 e. The number of amides is 3. The van der Waals surface area contributed by atoms with Gasteiger partial charge < -0.3 is 21.3 Å². The minimum Gasteiger partial charge on any atom is -0.346 e. The third-order valence-corrected chi connectivity index (χ3v) is 7.38. The van der Waals surface area contributed by atoms with Crippen LogP contribution in [0.3, 0.4) is 0 Å². The average Bonchev–Trinajstić information content (AvgIpc) is 3.47. The number of likely N-dealkylation sites (tertiary alicyclic amines) is 1. The number of ketones is 1. The number of carbonyl (C=O) groups is 4. The van der Waals surface area contributed by atoms with Crippen LogP contribution in [-0.4, -0.2) is 59.6 Å². The van der Waals surface area contributed by atoms with E-state index in [0.717, 1.165) is 38.5 Å². The van der Waals surface area contributed by atoms with Gasteiger partial charge in [-0.15, -0.1) is 6.58 Å². The molecule has 32 heavy (non-hydrogen) atoms. The van der Waals surface area contributed by atoms with E-state index in [4.69, 9.17) is 5.73 Å². The first-order valence-corrected chi connectivity index (χ1v) is 12.1. The van der Waals surface area contributed by atoms with Gasteiger partial charge in [0.1, 0.15) is 6.04 Å². The fourth-order valence-electron chi connectivity index (χ4n) is 5.05. The van der Waals surface area contributed by atoms with Crippen LogP contribution in [0.1, 0.15) is 71.1 Å². The Bertz CT molecular complexity index is 742. The lowest BCUT2D eigenvalue weighted by molar-refractivity contribution is -0.144. The van der Waals surface area contributed by atoms with Crippen LogP contribution in [0.25, 0.3) is 0 Å². The Morgan fingerprint density at radius 1 is 1.12 bits per heavy atom. The van der Waals surface area contributed by atoms with E-state index >= 15 is 0 Å². The van der Waals surface area contributed by atoms with Crippen molar-refractivity contribution in [1.82, 2.24) is 15.5 Å². The number of hydrogen-bond acceptors (Lipinski definition) is 5. The van der Waals surface area contributed by atoms with Gasteiger partial charge in [0, 0.05) is 13.1 Å². The van der Waals surface area contributed by atoms with Crippen molar-refractivity contribution in [3.05, 3.63) is 12.7 Å². The second-order valence-corrected chi connectivity index (χ2v) is 9.99. The second-order valence-electron chi connectivity index (χ2n) is 9.99. The van der Waals surface area contributed by atoms with Gasteiger partial charge in [-0.25, -0.2) is 0 Å². The molecular formula is C24H38N4O4. The summed E-state index contributed by atoms with van der Waals surface area (Å²) in [6.45, 7) is 6.28. The number of rotatable bonds is 10. The van der Waals surface area contributed by atoms with Crippen molar-refractivity contribution >= 4 is 23.5 Å². The molecule has 0 spiro atoms. The zero-order valence-corrected chi connectivity index (χ0v) is 19.2. The van der Waals surface area contributed by atoms with Gasteiger partial charge in [0.25, 0.3) is 5.91 Å². The molecule has 3 aliphatic rings. The second kappa shape index (κ2) is 10.6. The fourth-order valence-corrected chi connectivity index (χ4v) is 5.05. The third-order valence-electron chi connectivity index (χ3n) is 7.38. The number of nitrogens with zero attached hydrogens (tertiary/aromatic N) is 1. The number of carbonyl (C=O) groups excluding carboxylic acids is 4. The highest BCUT2D eigenvalue weighted by Crippen LogP contribution is 2.39. The average molecular weight is 447 g/mol. The van der Waals surface area contributed by atoms with Crippen molar-refractivity contribution in [2.75, 3.05) is 13.1 Å². The molecule has 178 valence electrons. The maximum atomic E-state index is 13.3. The van der Waals surface area contributed by atoms with Crippen molar-refractivity contribution in [3.8, 4) is 0 Å². The number of nitrogens with two attached hydrogens (primary N) is 1. The molecule has 1 aliphatic heterocycles. The molecule has 2 saturated carbocycles. The van der Waals surface area contributed by atoms with Crippen molar-refractivity contribution in [2.45, 2.75) is 89.3 Å². The van der Waals surface area contributed by atoms with E-state index in [2.05, 4.69) is 24.1 Å². The lowest BCUT2D eigenvalue weighted by Crippen LogP contribution is -2.58. The largest absolute Gasteiger partial charge is 0.346 e. The quantitative estimate of drug-likeness (QED) is 0.346. The van der Waals surface area contributed by atoms with E-state index in [9.17, 15) is 19.2 Å².